The van der Waals surface area contributed by atoms with Gasteiger partial charge in [0, 0.05) is 89.0 Å². The summed E-state index contributed by atoms with van der Waals surface area (Å²) in [5, 5.41) is 60.7. The lowest BCUT2D eigenvalue weighted by Crippen LogP contribution is -2.23. The summed E-state index contributed by atoms with van der Waals surface area (Å²) in [5.41, 5.74) is -6.65. The van der Waals surface area contributed by atoms with Gasteiger partial charge in [0.2, 0.25) is 0 Å². The molecule has 0 amide bonds. The van der Waals surface area contributed by atoms with E-state index in [0.717, 1.165) is 48.5 Å². The molecule has 0 aromatic heterocycles. The molecule has 0 aliphatic heterocycles. The van der Waals surface area contributed by atoms with Crippen LogP contribution < -0.4 is 0 Å². The summed E-state index contributed by atoms with van der Waals surface area (Å²) >= 11 is 0. The summed E-state index contributed by atoms with van der Waals surface area (Å²) in [6.45, 7) is 0. The Hall–Kier alpha value is -8.40. The van der Waals surface area contributed by atoms with Crippen molar-refractivity contribution in [3.05, 3.63) is 173 Å². The molecule has 0 bridgehead atoms. The number of ketones is 6. The number of phenolic OH excluding ortho intramolecular Hbond substituents is 6. The number of carbonyl (C=O) groups excluding carboxylic acids is 6. The highest BCUT2D eigenvalue weighted by molar-refractivity contribution is 7.86. The number of hydrogen-bond donors (Lipinski definition) is 12. The Balaban J connectivity index is 0.000000181. The number of rotatable bonds is 12. The van der Waals surface area contributed by atoms with E-state index in [4.69, 9.17) is 27.3 Å². The van der Waals surface area contributed by atoms with E-state index in [9.17, 15) is 110 Å². The quantitative estimate of drug-likeness (QED) is 0.0614. The van der Waals surface area contributed by atoms with Gasteiger partial charge in [-0.2, -0.15) is 50.5 Å². The molecule has 444 valence electrons. The molecular formula is C48H36O30S6. The maximum Gasteiger partial charge on any atom is 0.269 e. The van der Waals surface area contributed by atoms with E-state index in [2.05, 4.69) is 0 Å². The highest BCUT2D eigenvalue weighted by Gasteiger charge is 2.40. The van der Waals surface area contributed by atoms with E-state index >= 15 is 0 Å². The van der Waals surface area contributed by atoms with Crippen LogP contribution in [0, 0.1) is 0 Å². The predicted molar refractivity (Wildman–Crippen MR) is 281 cm³/mol. The Kier molecular flexibility index (Phi) is 16.5. The Morgan fingerprint density at radius 2 is 0.452 bits per heavy atom. The minimum Gasteiger partial charge on any atom is -0.508 e. The van der Waals surface area contributed by atoms with Crippen LogP contribution in [0.4, 0.5) is 0 Å². The fourth-order valence-electron chi connectivity index (χ4n) is 8.95. The summed E-state index contributed by atoms with van der Waals surface area (Å²) in [6, 6.07) is 12.7. The second-order valence-electron chi connectivity index (χ2n) is 18.4. The van der Waals surface area contributed by atoms with Gasteiger partial charge in [0.1, 0.15) is 69.0 Å². The lowest BCUT2D eigenvalue weighted by Gasteiger charge is -2.23. The van der Waals surface area contributed by atoms with Crippen LogP contribution in [-0.4, -0.2) is 143 Å². The van der Waals surface area contributed by atoms with Gasteiger partial charge in [-0.05, 0) is 48.5 Å². The molecule has 6 aromatic carbocycles. The van der Waals surface area contributed by atoms with Gasteiger partial charge in [0.25, 0.3) is 60.7 Å². The van der Waals surface area contributed by atoms with Gasteiger partial charge < -0.3 is 30.6 Å². The van der Waals surface area contributed by atoms with Crippen LogP contribution in [0.15, 0.2) is 72.8 Å². The molecule has 9 rings (SSSR count). The van der Waals surface area contributed by atoms with Crippen molar-refractivity contribution < 1.29 is 137 Å². The summed E-state index contributed by atoms with van der Waals surface area (Å²) in [4.78, 5) is 76.3. The number of aromatic hydroxyl groups is 6. The smallest absolute Gasteiger partial charge is 0.269 e. The first-order valence-electron chi connectivity index (χ1n) is 22.5. The topological polar surface area (TPSA) is 550 Å². The highest BCUT2D eigenvalue weighted by atomic mass is 32.2. The minimum absolute atomic E-state index is 0.116. The van der Waals surface area contributed by atoms with Crippen molar-refractivity contribution in [1.29, 1.82) is 0 Å². The highest BCUT2D eigenvalue weighted by Crippen LogP contribution is 2.45. The average molecular weight is 1290 g/mol. The van der Waals surface area contributed by atoms with E-state index in [1.165, 1.54) is 24.3 Å². The van der Waals surface area contributed by atoms with E-state index in [1.54, 1.807) is 0 Å². The molecule has 0 spiro atoms. The first-order valence-corrected chi connectivity index (χ1v) is 32.1. The van der Waals surface area contributed by atoms with E-state index in [-0.39, 0.29) is 77.9 Å². The normalized spacial score (nSPS) is 13.9. The van der Waals surface area contributed by atoms with Crippen molar-refractivity contribution in [2.45, 2.75) is 34.5 Å². The van der Waals surface area contributed by atoms with Crippen LogP contribution in [0.5, 0.6) is 34.5 Å². The Morgan fingerprint density at radius 3 is 0.643 bits per heavy atom. The molecule has 6 aromatic rings. The fourth-order valence-corrected chi connectivity index (χ4v) is 12.8. The maximum atomic E-state index is 12.8. The lowest BCUT2D eigenvalue weighted by atomic mass is 9.81. The largest absolute Gasteiger partial charge is 0.508 e. The average Bonchev–Trinajstić information content (AvgIpc) is 0.921. The molecule has 0 unspecified atom stereocenters. The molecule has 0 fully saturated rings. The lowest BCUT2D eigenvalue weighted by molar-refractivity contribution is 0.0974. The summed E-state index contributed by atoms with van der Waals surface area (Å²) < 4.78 is 188. The first-order chi connectivity index (χ1) is 38.3. The molecule has 3 aliphatic carbocycles. The molecule has 0 radical (unpaired) electrons. The summed E-state index contributed by atoms with van der Waals surface area (Å²) in [5.74, 6) is -16.4. The molecule has 30 nitrogen and oxygen atoms in total. The number of fused-ring (bicyclic) bond motifs is 6. The van der Waals surface area contributed by atoms with Crippen LogP contribution in [0.1, 0.15) is 129 Å². The molecule has 12 N–H and O–H groups in total. The van der Waals surface area contributed by atoms with Crippen molar-refractivity contribution in [2.24, 2.45) is 0 Å². The zero-order valence-electron chi connectivity index (χ0n) is 41.3. The Bertz CT molecular complexity index is 4420. The maximum absolute atomic E-state index is 12.8. The number of hydrogen-bond acceptors (Lipinski definition) is 24. The van der Waals surface area contributed by atoms with Gasteiger partial charge in [-0.3, -0.25) is 56.1 Å². The van der Waals surface area contributed by atoms with Gasteiger partial charge in [-0.25, -0.2) is 0 Å². The third kappa shape index (κ3) is 13.6. The summed E-state index contributed by atoms with van der Waals surface area (Å²) in [6.07, 6.45) is 0. The summed E-state index contributed by atoms with van der Waals surface area (Å²) in [7, 11) is -27.8. The van der Waals surface area contributed by atoms with E-state index < -0.39 is 187 Å². The van der Waals surface area contributed by atoms with Crippen molar-refractivity contribution >= 4 is 95.4 Å². The van der Waals surface area contributed by atoms with Crippen LogP contribution in [0.3, 0.4) is 0 Å². The van der Waals surface area contributed by atoms with Crippen LogP contribution in [0.2, 0.25) is 0 Å². The second kappa shape index (κ2) is 22.0. The zero-order chi connectivity index (χ0) is 63.0. The third-order valence-electron chi connectivity index (χ3n) is 12.4. The number of phenols is 6. The third-order valence-corrected chi connectivity index (χ3v) is 16.4. The second-order valence-corrected chi connectivity index (χ2v) is 27.1. The fraction of sp³-hybridized carbons (Fsp3) is 0.125. The number of carbonyl (C=O) groups is 6. The molecule has 3 aliphatic rings. The molecule has 36 heteroatoms. The minimum atomic E-state index is -4.86. The van der Waals surface area contributed by atoms with Crippen molar-refractivity contribution in [2.75, 3.05) is 0 Å². The van der Waals surface area contributed by atoms with Gasteiger partial charge in [-0.1, -0.05) is 24.3 Å². The van der Waals surface area contributed by atoms with Gasteiger partial charge in [-0.15, -0.1) is 0 Å². The molecule has 84 heavy (non-hydrogen) atoms. The van der Waals surface area contributed by atoms with Crippen LogP contribution in [-0.2, 0) is 95.2 Å². The molecule has 0 saturated carbocycles. The molecule has 0 atom stereocenters. The van der Waals surface area contributed by atoms with Gasteiger partial charge >= 0.3 is 0 Å². The standard InChI is InChI=1S/3C16H12O10S2/c17-13-3-11-9(1-7(13)5-27(21,22)23)15(19)12-4-14(18)8(6-28(24,25)26)2-10(12)16(11)20;17-13-3-11-9(1-7(13)5-27(21,22)23)15(19)10-2-8(6-28(24,25)26)14(18)4-12(10)16(11)20;17-13-7-3-1-2-4-8(7)14(18)12-11(13)15(19)9(5-27(21,22)23)10(16(12)20)6-28(24,25)26/h2*1-4,17-18H,5-6H2,(H,21,22,23)(H,24,25,26);1-4,19-20H,5-6H2,(H,21,22,23)(H,24,25,26). The predicted octanol–water partition coefficient (Wildman–Crippen LogP) is 1.95. The first kappa shape index (κ1) is 63.2. The van der Waals surface area contributed by atoms with Crippen LogP contribution >= 0.6 is 0 Å². The van der Waals surface area contributed by atoms with Crippen molar-refractivity contribution in [3.8, 4) is 34.5 Å². The van der Waals surface area contributed by atoms with E-state index in [0.29, 0.717) is 0 Å². The Labute approximate surface area is 472 Å². The van der Waals surface area contributed by atoms with Gasteiger partial charge in [0.15, 0.2) is 34.7 Å². The van der Waals surface area contributed by atoms with E-state index in [1.807, 2.05) is 0 Å². The Morgan fingerprint density at radius 1 is 0.262 bits per heavy atom. The molecular weight excluding hydrogens is 1250 g/mol. The SMILES string of the molecule is O=C1c2cc(O)c(CS(=O)(=O)O)cc2C(=O)c2cc(CS(=O)(=O)O)c(O)cc21.O=C1c2cc(O)c(CS(=O)(=O)O)cc2C(=O)c2cc(O)c(CS(=O)(=O)O)cc21.O=C1c2ccccc2C(=O)c2c(O)c(CS(=O)(=O)O)c(CS(=O)(=O)O)c(O)c21. The van der Waals surface area contributed by atoms with Gasteiger partial charge in [0.05, 0.1) is 11.1 Å². The van der Waals surface area contributed by atoms with Crippen molar-refractivity contribution in [3.63, 3.8) is 0 Å². The zero-order valence-corrected chi connectivity index (χ0v) is 46.2. The van der Waals surface area contributed by atoms with Crippen molar-refractivity contribution in [1.82, 2.24) is 0 Å². The monoisotopic (exact) mass is 1280 g/mol. The molecule has 0 heterocycles. The molecule has 0 saturated heterocycles. The number of benzene rings is 6. The van der Waals surface area contributed by atoms with Crippen LogP contribution in [0.25, 0.3) is 0 Å².